The van der Waals surface area contributed by atoms with Gasteiger partial charge in [0.2, 0.25) is 5.91 Å². The highest BCUT2D eigenvalue weighted by Gasteiger charge is 2.29. The number of rotatable bonds is 5. The monoisotopic (exact) mass is 318 g/mol. The van der Waals surface area contributed by atoms with Gasteiger partial charge < -0.3 is 15.0 Å². The van der Waals surface area contributed by atoms with Crippen molar-refractivity contribution in [1.82, 2.24) is 10.2 Å². The predicted octanol–water partition coefficient (Wildman–Crippen LogP) is 2.73. The Morgan fingerprint density at radius 2 is 1.96 bits per heavy atom. The molecule has 0 spiro atoms. The molecule has 1 aliphatic rings. The Hall–Kier alpha value is -2.04. The average molecular weight is 318 g/mol. The third-order valence-corrected chi connectivity index (χ3v) is 4.02. The Bertz CT molecular complexity index is 557. The van der Waals surface area contributed by atoms with Crippen LogP contribution >= 0.6 is 0 Å². The first-order chi connectivity index (χ1) is 11.0. The van der Waals surface area contributed by atoms with E-state index in [0.717, 1.165) is 6.42 Å². The lowest BCUT2D eigenvalue weighted by molar-refractivity contribution is -0.134. The molecule has 0 saturated carbocycles. The summed E-state index contributed by atoms with van der Waals surface area (Å²) in [4.78, 5) is 26.4. The Kier molecular flexibility index (Phi) is 6.02. The summed E-state index contributed by atoms with van der Waals surface area (Å²) in [7, 11) is 0. The van der Waals surface area contributed by atoms with Crippen molar-refractivity contribution in [2.24, 2.45) is 5.92 Å². The maximum absolute atomic E-state index is 12.8. The maximum Gasteiger partial charge on any atom is 0.407 e. The summed E-state index contributed by atoms with van der Waals surface area (Å²) in [5, 5.41) is 2.72. The van der Waals surface area contributed by atoms with Crippen molar-refractivity contribution < 1.29 is 14.3 Å². The summed E-state index contributed by atoms with van der Waals surface area (Å²) in [6.45, 7) is 7.42. The molecule has 0 radical (unpaired) electrons. The van der Waals surface area contributed by atoms with Crippen molar-refractivity contribution in [3.8, 4) is 0 Å². The van der Waals surface area contributed by atoms with Crippen LogP contribution in [0, 0.1) is 5.92 Å². The summed E-state index contributed by atoms with van der Waals surface area (Å²) in [5.74, 6) is 0.282. The molecule has 2 rings (SSSR count). The highest BCUT2D eigenvalue weighted by Crippen LogP contribution is 2.20. The van der Waals surface area contributed by atoms with Gasteiger partial charge in [-0.25, -0.2) is 4.79 Å². The van der Waals surface area contributed by atoms with Crippen LogP contribution in [0.5, 0.6) is 0 Å². The molecule has 5 nitrogen and oxygen atoms in total. The van der Waals surface area contributed by atoms with Gasteiger partial charge in [0, 0.05) is 13.1 Å². The van der Waals surface area contributed by atoms with E-state index < -0.39 is 12.1 Å². The van der Waals surface area contributed by atoms with Crippen LogP contribution in [-0.2, 0) is 22.5 Å². The first-order valence-electron chi connectivity index (χ1n) is 8.30. The zero-order chi connectivity index (χ0) is 16.8. The molecule has 0 bridgehead atoms. The number of nitrogens with zero attached hydrogens (tertiary/aromatic N) is 1. The summed E-state index contributed by atoms with van der Waals surface area (Å²) < 4.78 is 4.93. The number of benzene rings is 1. The minimum Gasteiger partial charge on any atom is -0.450 e. The number of carbonyl (C=O) groups excluding carboxylic acids is 2. The smallest absolute Gasteiger partial charge is 0.407 e. The van der Waals surface area contributed by atoms with Gasteiger partial charge in [0.05, 0.1) is 6.61 Å². The van der Waals surface area contributed by atoms with Crippen LogP contribution in [0.3, 0.4) is 0 Å². The van der Waals surface area contributed by atoms with Crippen LogP contribution < -0.4 is 5.32 Å². The summed E-state index contributed by atoms with van der Waals surface area (Å²) in [6.07, 6.45) is 0.940. The van der Waals surface area contributed by atoms with Crippen LogP contribution in [0.2, 0.25) is 0 Å². The van der Waals surface area contributed by atoms with Gasteiger partial charge in [-0.3, -0.25) is 4.79 Å². The van der Waals surface area contributed by atoms with E-state index in [9.17, 15) is 9.59 Å². The van der Waals surface area contributed by atoms with Crippen molar-refractivity contribution >= 4 is 12.0 Å². The molecule has 23 heavy (non-hydrogen) atoms. The van der Waals surface area contributed by atoms with E-state index in [2.05, 4.69) is 17.4 Å². The topological polar surface area (TPSA) is 58.6 Å². The lowest BCUT2D eigenvalue weighted by Crippen LogP contribution is -2.50. The van der Waals surface area contributed by atoms with Crippen LogP contribution in [0.25, 0.3) is 0 Å². The zero-order valence-corrected chi connectivity index (χ0v) is 14.2. The van der Waals surface area contributed by atoms with Gasteiger partial charge in [0.25, 0.3) is 0 Å². The number of carbonyl (C=O) groups is 2. The zero-order valence-electron chi connectivity index (χ0n) is 14.2. The second kappa shape index (κ2) is 7.99. The number of hydrogen-bond donors (Lipinski definition) is 1. The molecule has 1 N–H and O–H groups in total. The largest absolute Gasteiger partial charge is 0.450 e. The van der Waals surface area contributed by atoms with Gasteiger partial charge in [-0.05, 0) is 36.8 Å². The van der Waals surface area contributed by atoms with Gasteiger partial charge in [-0.15, -0.1) is 0 Å². The van der Waals surface area contributed by atoms with E-state index >= 15 is 0 Å². The molecule has 0 unspecified atom stereocenters. The second-order valence-corrected chi connectivity index (χ2v) is 6.33. The second-order valence-electron chi connectivity index (χ2n) is 6.33. The fourth-order valence-electron chi connectivity index (χ4n) is 2.91. The van der Waals surface area contributed by atoms with Gasteiger partial charge in [-0.2, -0.15) is 0 Å². The highest BCUT2D eigenvalue weighted by molar-refractivity contribution is 5.85. The summed E-state index contributed by atoms with van der Waals surface area (Å²) >= 11 is 0. The normalized spacial score (nSPS) is 15.0. The number of ether oxygens (including phenoxy) is 1. The van der Waals surface area contributed by atoms with Gasteiger partial charge >= 0.3 is 6.09 Å². The lowest BCUT2D eigenvalue weighted by atomic mass is 9.97. The van der Waals surface area contributed by atoms with E-state index in [4.69, 9.17) is 4.74 Å². The quantitative estimate of drug-likeness (QED) is 0.908. The van der Waals surface area contributed by atoms with Crippen molar-refractivity contribution in [3.63, 3.8) is 0 Å². The minimum absolute atomic E-state index is 0.0266. The van der Waals surface area contributed by atoms with Gasteiger partial charge in [0.15, 0.2) is 0 Å². The Morgan fingerprint density at radius 3 is 2.61 bits per heavy atom. The SMILES string of the molecule is CCOC(=O)N[C@@H](CC(C)C)C(=O)N1CCc2ccccc2C1. The minimum atomic E-state index is -0.528. The molecule has 1 atom stereocenters. The molecule has 5 heteroatoms. The fraction of sp³-hybridized carbons (Fsp3) is 0.556. The lowest BCUT2D eigenvalue weighted by Gasteiger charge is -2.32. The van der Waals surface area contributed by atoms with E-state index in [0.29, 0.717) is 32.0 Å². The van der Waals surface area contributed by atoms with Gasteiger partial charge in [-0.1, -0.05) is 38.1 Å². The molecule has 0 aliphatic carbocycles. The molecular weight excluding hydrogens is 292 g/mol. The van der Waals surface area contributed by atoms with Crippen molar-refractivity contribution in [3.05, 3.63) is 35.4 Å². The number of fused-ring (bicyclic) bond motifs is 1. The molecule has 1 aliphatic heterocycles. The van der Waals surface area contributed by atoms with Crippen LogP contribution in [0.15, 0.2) is 24.3 Å². The van der Waals surface area contributed by atoms with E-state index in [1.807, 2.05) is 30.9 Å². The average Bonchev–Trinajstić information content (AvgIpc) is 2.53. The standard InChI is InChI=1S/C18H26N2O3/c1-4-23-18(22)19-16(11-13(2)3)17(21)20-10-9-14-7-5-6-8-15(14)12-20/h5-8,13,16H,4,9-12H2,1-3H3,(H,19,22)/t16-/m0/s1. The molecule has 1 aromatic rings. The first-order valence-corrected chi connectivity index (χ1v) is 8.30. The highest BCUT2D eigenvalue weighted by atomic mass is 16.5. The Balaban J connectivity index is 2.06. The Morgan fingerprint density at radius 1 is 1.26 bits per heavy atom. The van der Waals surface area contributed by atoms with E-state index in [1.165, 1.54) is 11.1 Å². The first kappa shape index (κ1) is 17.3. The van der Waals surface area contributed by atoms with Crippen molar-refractivity contribution in [1.29, 1.82) is 0 Å². The fourth-order valence-corrected chi connectivity index (χ4v) is 2.91. The maximum atomic E-state index is 12.8. The third kappa shape index (κ3) is 4.71. The molecule has 0 aromatic heterocycles. The number of alkyl carbamates (subject to hydrolysis) is 1. The molecule has 126 valence electrons. The molecule has 0 saturated heterocycles. The molecule has 0 fully saturated rings. The van der Waals surface area contributed by atoms with Crippen LogP contribution in [0.1, 0.15) is 38.3 Å². The van der Waals surface area contributed by atoms with E-state index in [-0.39, 0.29) is 5.91 Å². The van der Waals surface area contributed by atoms with Crippen molar-refractivity contribution in [2.45, 2.75) is 46.2 Å². The molecular formula is C18H26N2O3. The molecule has 1 heterocycles. The number of hydrogen-bond acceptors (Lipinski definition) is 3. The van der Waals surface area contributed by atoms with Crippen LogP contribution in [0.4, 0.5) is 4.79 Å². The van der Waals surface area contributed by atoms with Gasteiger partial charge in [0.1, 0.15) is 6.04 Å². The number of amides is 2. The van der Waals surface area contributed by atoms with Crippen molar-refractivity contribution in [2.75, 3.05) is 13.2 Å². The molecule has 1 aromatic carbocycles. The summed E-state index contributed by atoms with van der Waals surface area (Å²) in [6, 6.07) is 7.67. The van der Waals surface area contributed by atoms with Crippen LogP contribution in [-0.4, -0.2) is 36.1 Å². The predicted molar refractivity (Wildman–Crippen MR) is 89.0 cm³/mol. The number of nitrogens with one attached hydrogen (secondary N) is 1. The molecule has 2 amide bonds. The Labute approximate surface area is 138 Å². The third-order valence-electron chi connectivity index (χ3n) is 4.02. The summed E-state index contributed by atoms with van der Waals surface area (Å²) in [5.41, 5.74) is 2.49. The van der Waals surface area contributed by atoms with E-state index in [1.54, 1.807) is 6.92 Å².